The summed E-state index contributed by atoms with van der Waals surface area (Å²) in [4.78, 5) is 39.1. The zero-order valence-corrected chi connectivity index (χ0v) is 18.0. The fourth-order valence-electron chi connectivity index (χ4n) is 3.55. The monoisotopic (exact) mass is 439 g/mol. The van der Waals surface area contributed by atoms with Crippen LogP contribution >= 0.6 is 0 Å². The lowest BCUT2D eigenvalue weighted by Crippen LogP contribution is -2.46. The highest BCUT2D eigenvalue weighted by Gasteiger charge is 2.47. The number of cyclic esters (lactones) is 1. The number of hydrogen-bond donors (Lipinski definition) is 2. The molecule has 8 heteroatoms. The number of nitrogens with zero attached hydrogens (tertiary/aromatic N) is 1. The largest absolute Gasteiger partial charge is 0.438 e. The number of anilines is 1. The maximum absolute atomic E-state index is 13.3. The van der Waals surface area contributed by atoms with E-state index in [2.05, 4.69) is 10.6 Å². The summed E-state index contributed by atoms with van der Waals surface area (Å²) < 4.78 is 18.9. The minimum atomic E-state index is -0.857. The fraction of sp³-hybridized carbons (Fsp3) is 0.375. The number of amides is 3. The summed E-state index contributed by atoms with van der Waals surface area (Å²) in [7, 11) is 0. The summed E-state index contributed by atoms with van der Waals surface area (Å²) in [6.07, 6.45) is 0.435. The molecule has 0 aromatic heterocycles. The molecular formula is C24H26FN3O4. The van der Waals surface area contributed by atoms with Crippen LogP contribution in [0.5, 0.6) is 0 Å². The second-order valence-electron chi connectivity index (χ2n) is 8.55. The molecule has 4 rings (SSSR count). The van der Waals surface area contributed by atoms with E-state index < -0.39 is 18.2 Å². The van der Waals surface area contributed by atoms with E-state index in [0.717, 1.165) is 12.8 Å². The average Bonchev–Trinajstić information content (AvgIpc) is 3.52. The quantitative estimate of drug-likeness (QED) is 0.688. The molecule has 1 saturated carbocycles. The van der Waals surface area contributed by atoms with Crippen molar-refractivity contribution in [3.8, 4) is 0 Å². The Kier molecular flexibility index (Phi) is 6.12. The first-order chi connectivity index (χ1) is 15.3. The lowest BCUT2D eigenvalue weighted by molar-refractivity contribution is -0.126. The van der Waals surface area contributed by atoms with Crippen LogP contribution in [0.4, 0.5) is 14.9 Å². The minimum absolute atomic E-state index is 0.0998. The molecule has 2 atom stereocenters. The van der Waals surface area contributed by atoms with Crippen LogP contribution in [0.15, 0.2) is 48.5 Å². The van der Waals surface area contributed by atoms with Gasteiger partial charge in [-0.05, 0) is 48.2 Å². The molecule has 0 spiro atoms. The Bertz CT molecular complexity index is 1000. The fourth-order valence-corrected chi connectivity index (χ4v) is 3.55. The highest BCUT2D eigenvalue weighted by molar-refractivity contribution is 5.92. The van der Waals surface area contributed by atoms with Crippen molar-refractivity contribution in [2.24, 2.45) is 5.92 Å². The van der Waals surface area contributed by atoms with Gasteiger partial charge in [-0.2, -0.15) is 0 Å². The summed E-state index contributed by atoms with van der Waals surface area (Å²) in [6.45, 7) is 3.74. The van der Waals surface area contributed by atoms with Gasteiger partial charge in [-0.25, -0.2) is 9.18 Å². The first-order valence-electron chi connectivity index (χ1n) is 10.7. The van der Waals surface area contributed by atoms with E-state index in [1.165, 1.54) is 17.0 Å². The highest BCUT2D eigenvalue weighted by atomic mass is 19.1. The Hall–Kier alpha value is -3.42. The Morgan fingerprint density at radius 1 is 1.09 bits per heavy atom. The molecule has 2 aromatic carbocycles. The lowest BCUT2D eigenvalue weighted by atomic mass is 10.00. The van der Waals surface area contributed by atoms with Gasteiger partial charge in [0, 0.05) is 17.6 Å². The topological polar surface area (TPSA) is 87.7 Å². The Labute approximate surface area is 185 Å². The molecule has 2 aromatic rings. The van der Waals surface area contributed by atoms with Gasteiger partial charge >= 0.3 is 6.09 Å². The smallest absolute Gasteiger partial charge is 0.411 e. The van der Waals surface area contributed by atoms with Crippen LogP contribution < -0.4 is 10.6 Å². The summed E-state index contributed by atoms with van der Waals surface area (Å²) in [6, 6.07) is 12.0. The van der Waals surface area contributed by atoms with Crippen molar-refractivity contribution in [3.05, 3.63) is 65.5 Å². The summed E-state index contributed by atoms with van der Waals surface area (Å²) >= 11 is 0. The van der Waals surface area contributed by atoms with E-state index in [1.54, 1.807) is 50.2 Å². The normalized spacial score (nSPS) is 20.2. The summed E-state index contributed by atoms with van der Waals surface area (Å²) in [5, 5.41) is 5.78. The number of ether oxygens (including phenoxy) is 1. The van der Waals surface area contributed by atoms with Crippen molar-refractivity contribution >= 4 is 23.6 Å². The van der Waals surface area contributed by atoms with Crippen molar-refractivity contribution in [2.45, 2.75) is 51.4 Å². The SMILES string of the molecule is CC(C)C(=O)Nc1ccc([C@@H]2OC(=O)N(Cc3ccc(F)cc3)[C@@H]2C(=O)NC2CC2)cc1. The van der Waals surface area contributed by atoms with Gasteiger partial charge in [-0.15, -0.1) is 0 Å². The van der Waals surface area contributed by atoms with Gasteiger partial charge in [-0.3, -0.25) is 14.5 Å². The van der Waals surface area contributed by atoms with E-state index >= 15 is 0 Å². The number of nitrogens with one attached hydrogen (secondary N) is 2. The molecule has 2 N–H and O–H groups in total. The third-order valence-electron chi connectivity index (χ3n) is 5.57. The average molecular weight is 439 g/mol. The highest BCUT2D eigenvalue weighted by Crippen LogP contribution is 2.35. The standard InChI is InChI=1S/C24H26FN3O4/c1-14(2)22(29)26-18-9-5-16(6-10-18)21-20(23(30)27-19-11-12-19)28(24(31)32-21)13-15-3-7-17(25)8-4-15/h3-10,14,19-21H,11-13H2,1-2H3,(H,26,29)(H,27,30)/t20-,21-/m0/s1. The van der Waals surface area contributed by atoms with E-state index in [-0.39, 0.29) is 36.1 Å². The molecule has 3 amide bonds. The molecule has 0 radical (unpaired) electrons. The van der Waals surface area contributed by atoms with E-state index in [1.807, 2.05) is 0 Å². The summed E-state index contributed by atoms with van der Waals surface area (Å²) in [5.41, 5.74) is 1.97. The molecule has 0 bridgehead atoms. The van der Waals surface area contributed by atoms with Gasteiger partial charge < -0.3 is 15.4 Å². The van der Waals surface area contributed by atoms with E-state index in [9.17, 15) is 18.8 Å². The molecule has 1 saturated heterocycles. The van der Waals surface area contributed by atoms with Crippen molar-refractivity contribution in [2.75, 3.05) is 5.32 Å². The zero-order valence-electron chi connectivity index (χ0n) is 18.0. The number of carbonyl (C=O) groups excluding carboxylic acids is 3. The Balaban J connectivity index is 1.57. The predicted octanol–water partition coefficient (Wildman–Crippen LogP) is 3.76. The van der Waals surface area contributed by atoms with E-state index in [0.29, 0.717) is 16.8 Å². The third-order valence-corrected chi connectivity index (χ3v) is 5.57. The molecule has 32 heavy (non-hydrogen) atoms. The maximum Gasteiger partial charge on any atom is 0.411 e. The first kappa shape index (κ1) is 21.8. The van der Waals surface area contributed by atoms with Crippen LogP contribution in [0.1, 0.15) is 43.9 Å². The first-order valence-corrected chi connectivity index (χ1v) is 10.7. The van der Waals surface area contributed by atoms with Crippen LogP contribution in [-0.2, 0) is 20.9 Å². The molecule has 2 aliphatic rings. The van der Waals surface area contributed by atoms with Crippen molar-refractivity contribution in [1.82, 2.24) is 10.2 Å². The van der Waals surface area contributed by atoms with Crippen LogP contribution in [-0.4, -0.2) is 34.9 Å². The van der Waals surface area contributed by atoms with Gasteiger partial charge in [0.05, 0.1) is 6.54 Å². The number of rotatable bonds is 7. The van der Waals surface area contributed by atoms with Gasteiger partial charge in [0.1, 0.15) is 5.82 Å². The minimum Gasteiger partial charge on any atom is -0.438 e. The Morgan fingerprint density at radius 2 is 1.75 bits per heavy atom. The second-order valence-corrected chi connectivity index (χ2v) is 8.55. The number of halogens is 1. The second kappa shape index (κ2) is 8.98. The van der Waals surface area contributed by atoms with Crippen molar-refractivity contribution in [3.63, 3.8) is 0 Å². The van der Waals surface area contributed by atoms with Crippen LogP contribution in [0, 0.1) is 11.7 Å². The van der Waals surface area contributed by atoms with Crippen molar-refractivity contribution < 1.29 is 23.5 Å². The lowest BCUT2D eigenvalue weighted by Gasteiger charge is -2.24. The van der Waals surface area contributed by atoms with Crippen LogP contribution in [0.25, 0.3) is 0 Å². The van der Waals surface area contributed by atoms with Gasteiger partial charge in [0.2, 0.25) is 11.8 Å². The van der Waals surface area contributed by atoms with Gasteiger partial charge in [0.25, 0.3) is 0 Å². The van der Waals surface area contributed by atoms with Crippen molar-refractivity contribution in [1.29, 1.82) is 0 Å². The molecule has 2 fully saturated rings. The van der Waals surface area contributed by atoms with Gasteiger partial charge in [-0.1, -0.05) is 38.1 Å². The third kappa shape index (κ3) is 4.90. The van der Waals surface area contributed by atoms with E-state index in [4.69, 9.17) is 4.74 Å². The van der Waals surface area contributed by atoms with Crippen LogP contribution in [0.2, 0.25) is 0 Å². The number of carbonyl (C=O) groups is 3. The molecule has 168 valence electrons. The molecule has 1 aliphatic carbocycles. The maximum atomic E-state index is 13.3. The number of benzene rings is 2. The Morgan fingerprint density at radius 3 is 2.34 bits per heavy atom. The molecule has 1 heterocycles. The predicted molar refractivity (Wildman–Crippen MR) is 116 cm³/mol. The molecule has 1 aliphatic heterocycles. The molecule has 7 nitrogen and oxygen atoms in total. The number of hydrogen-bond acceptors (Lipinski definition) is 4. The summed E-state index contributed by atoms with van der Waals surface area (Å²) in [5.74, 6) is -0.899. The van der Waals surface area contributed by atoms with Crippen LogP contribution in [0.3, 0.4) is 0 Å². The molecular weight excluding hydrogens is 413 g/mol. The molecule has 0 unspecified atom stereocenters. The van der Waals surface area contributed by atoms with Gasteiger partial charge in [0.15, 0.2) is 12.1 Å². The zero-order chi connectivity index (χ0) is 22.8.